The monoisotopic (exact) mass is 305 g/mol. The summed E-state index contributed by atoms with van der Waals surface area (Å²) in [6, 6.07) is 12.7. The third kappa shape index (κ3) is 4.49. The van der Waals surface area contributed by atoms with E-state index in [9.17, 15) is 14.3 Å². The van der Waals surface area contributed by atoms with Crippen LogP contribution in [0.3, 0.4) is 0 Å². The standard InChI is InChI=1S/C16H16FNO2S/c1-11(12-6-8-13(17)9-7-12)18-16(20)10-21-15-5-3-2-4-14(15)19/h2-9,11,19H,10H2,1H3,(H,18,20). The first kappa shape index (κ1) is 15.4. The van der Waals surface area contributed by atoms with E-state index in [1.54, 1.807) is 36.4 Å². The molecule has 0 aromatic heterocycles. The third-order valence-electron chi connectivity index (χ3n) is 2.97. The Hall–Kier alpha value is -2.01. The normalized spacial score (nSPS) is 11.9. The van der Waals surface area contributed by atoms with E-state index in [1.807, 2.05) is 6.92 Å². The zero-order valence-corrected chi connectivity index (χ0v) is 12.4. The van der Waals surface area contributed by atoms with Gasteiger partial charge in [-0.05, 0) is 36.8 Å². The van der Waals surface area contributed by atoms with Crippen LogP contribution in [0.2, 0.25) is 0 Å². The van der Waals surface area contributed by atoms with Crippen molar-refractivity contribution in [2.75, 3.05) is 5.75 Å². The number of para-hydroxylation sites is 1. The van der Waals surface area contributed by atoms with E-state index in [0.717, 1.165) is 5.56 Å². The van der Waals surface area contributed by atoms with Gasteiger partial charge in [-0.3, -0.25) is 4.79 Å². The van der Waals surface area contributed by atoms with Crippen LogP contribution in [-0.2, 0) is 4.79 Å². The van der Waals surface area contributed by atoms with E-state index >= 15 is 0 Å². The van der Waals surface area contributed by atoms with Gasteiger partial charge in [0.15, 0.2) is 0 Å². The number of phenols is 1. The van der Waals surface area contributed by atoms with Gasteiger partial charge in [0.25, 0.3) is 0 Å². The third-order valence-corrected chi connectivity index (χ3v) is 4.03. The van der Waals surface area contributed by atoms with E-state index in [2.05, 4.69) is 5.32 Å². The van der Waals surface area contributed by atoms with Gasteiger partial charge in [-0.2, -0.15) is 0 Å². The number of thioether (sulfide) groups is 1. The largest absolute Gasteiger partial charge is 0.507 e. The molecule has 2 aromatic carbocycles. The van der Waals surface area contributed by atoms with Crippen LogP contribution < -0.4 is 5.32 Å². The van der Waals surface area contributed by atoms with Gasteiger partial charge in [-0.25, -0.2) is 4.39 Å². The van der Waals surface area contributed by atoms with Gasteiger partial charge >= 0.3 is 0 Å². The first-order chi connectivity index (χ1) is 10.1. The number of carbonyl (C=O) groups is 1. The fraction of sp³-hybridized carbons (Fsp3) is 0.188. The second-order valence-electron chi connectivity index (χ2n) is 4.60. The van der Waals surface area contributed by atoms with Crippen LogP contribution in [0.15, 0.2) is 53.4 Å². The Morgan fingerprint density at radius 3 is 2.57 bits per heavy atom. The molecule has 0 saturated carbocycles. The molecule has 1 amide bonds. The van der Waals surface area contributed by atoms with Gasteiger partial charge in [-0.15, -0.1) is 11.8 Å². The highest BCUT2D eigenvalue weighted by molar-refractivity contribution is 8.00. The molecule has 0 radical (unpaired) electrons. The summed E-state index contributed by atoms with van der Waals surface area (Å²) in [4.78, 5) is 12.6. The molecule has 5 heteroatoms. The average Bonchev–Trinajstić information content (AvgIpc) is 2.47. The van der Waals surface area contributed by atoms with Crippen molar-refractivity contribution in [3.63, 3.8) is 0 Å². The molecule has 2 N–H and O–H groups in total. The van der Waals surface area contributed by atoms with Crippen LogP contribution in [0, 0.1) is 5.82 Å². The van der Waals surface area contributed by atoms with Crippen molar-refractivity contribution in [1.82, 2.24) is 5.32 Å². The number of benzene rings is 2. The van der Waals surface area contributed by atoms with E-state index in [4.69, 9.17) is 0 Å². The predicted octanol–water partition coefficient (Wildman–Crippen LogP) is 3.50. The van der Waals surface area contributed by atoms with E-state index in [0.29, 0.717) is 4.90 Å². The lowest BCUT2D eigenvalue weighted by Gasteiger charge is -2.14. The van der Waals surface area contributed by atoms with Gasteiger partial charge in [0.05, 0.1) is 11.8 Å². The van der Waals surface area contributed by atoms with Crippen LogP contribution in [-0.4, -0.2) is 16.8 Å². The molecule has 0 aliphatic carbocycles. The molecule has 0 heterocycles. The Labute approximate surface area is 127 Å². The highest BCUT2D eigenvalue weighted by atomic mass is 32.2. The number of rotatable bonds is 5. The number of nitrogens with one attached hydrogen (secondary N) is 1. The summed E-state index contributed by atoms with van der Waals surface area (Å²) in [6.45, 7) is 1.84. The summed E-state index contributed by atoms with van der Waals surface area (Å²) < 4.78 is 12.8. The molecule has 110 valence electrons. The van der Waals surface area contributed by atoms with Gasteiger partial charge in [0, 0.05) is 4.90 Å². The van der Waals surface area contributed by atoms with E-state index in [1.165, 1.54) is 23.9 Å². The van der Waals surface area contributed by atoms with Crippen LogP contribution in [0.5, 0.6) is 5.75 Å². The lowest BCUT2D eigenvalue weighted by molar-refractivity contribution is -0.119. The minimum absolute atomic E-state index is 0.139. The number of carbonyl (C=O) groups excluding carboxylic acids is 1. The lowest BCUT2D eigenvalue weighted by Crippen LogP contribution is -2.28. The molecule has 3 nitrogen and oxygen atoms in total. The molecule has 21 heavy (non-hydrogen) atoms. The molecule has 1 unspecified atom stereocenters. The van der Waals surface area contributed by atoms with Crippen molar-refractivity contribution in [2.45, 2.75) is 17.9 Å². The van der Waals surface area contributed by atoms with Gasteiger partial charge in [0.2, 0.25) is 5.91 Å². The maximum absolute atomic E-state index is 12.8. The van der Waals surface area contributed by atoms with E-state index < -0.39 is 0 Å². The van der Waals surface area contributed by atoms with Gasteiger partial charge in [-0.1, -0.05) is 24.3 Å². The molecule has 0 aliphatic heterocycles. The topological polar surface area (TPSA) is 49.3 Å². The number of phenolic OH excluding ortho intramolecular Hbond substituents is 1. The SMILES string of the molecule is CC(NC(=O)CSc1ccccc1O)c1ccc(F)cc1. The molecule has 0 saturated heterocycles. The Morgan fingerprint density at radius 2 is 1.90 bits per heavy atom. The van der Waals surface area contributed by atoms with Crippen molar-refractivity contribution in [1.29, 1.82) is 0 Å². The minimum Gasteiger partial charge on any atom is -0.507 e. The molecule has 0 aliphatic rings. The first-order valence-corrected chi connectivity index (χ1v) is 7.50. The second-order valence-corrected chi connectivity index (χ2v) is 5.61. The number of hydrogen-bond acceptors (Lipinski definition) is 3. The van der Waals surface area contributed by atoms with Crippen LogP contribution in [0.1, 0.15) is 18.5 Å². The van der Waals surface area contributed by atoms with Crippen LogP contribution >= 0.6 is 11.8 Å². The summed E-state index contributed by atoms with van der Waals surface area (Å²) in [6.07, 6.45) is 0. The van der Waals surface area contributed by atoms with Gasteiger partial charge < -0.3 is 10.4 Å². The zero-order chi connectivity index (χ0) is 15.2. The lowest BCUT2D eigenvalue weighted by atomic mass is 10.1. The van der Waals surface area contributed by atoms with Crippen molar-refractivity contribution in [3.05, 3.63) is 59.9 Å². The molecule has 0 fully saturated rings. The second kappa shape index (κ2) is 7.13. The van der Waals surface area contributed by atoms with E-state index in [-0.39, 0.29) is 29.3 Å². The first-order valence-electron chi connectivity index (χ1n) is 6.52. The molecular weight excluding hydrogens is 289 g/mol. The smallest absolute Gasteiger partial charge is 0.230 e. The average molecular weight is 305 g/mol. The highest BCUT2D eigenvalue weighted by Gasteiger charge is 2.11. The summed E-state index contributed by atoms with van der Waals surface area (Å²) in [5.41, 5.74) is 0.845. The van der Waals surface area contributed by atoms with Crippen molar-refractivity contribution >= 4 is 17.7 Å². The summed E-state index contributed by atoms with van der Waals surface area (Å²) in [5.74, 6) is -0.0577. The number of aromatic hydroxyl groups is 1. The zero-order valence-electron chi connectivity index (χ0n) is 11.5. The summed E-state index contributed by atoms with van der Waals surface area (Å²) in [7, 11) is 0. The van der Waals surface area contributed by atoms with Crippen molar-refractivity contribution in [2.24, 2.45) is 0 Å². The molecule has 2 aromatic rings. The fourth-order valence-electron chi connectivity index (χ4n) is 1.84. The Balaban J connectivity index is 1.87. The Kier molecular flexibility index (Phi) is 5.22. The van der Waals surface area contributed by atoms with Crippen molar-refractivity contribution in [3.8, 4) is 5.75 Å². The Morgan fingerprint density at radius 1 is 1.24 bits per heavy atom. The van der Waals surface area contributed by atoms with Crippen LogP contribution in [0.4, 0.5) is 4.39 Å². The molecule has 2 rings (SSSR count). The molecule has 0 bridgehead atoms. The number of hydrogen-bond donors (Lipinski definition) is 2. The molecular formula is C16H16FNO2S. The van der Waals surface area contributed by atoms with Crippen molar-refractivity contribution < 1.29 is 14.3 Å². The summed E-state index contributed by atoms with van der Waals surface area (Å²) >= 11 is 1.27. The Bertz CT molecular complexity index is 616. The fourth-order valence-corrected chi connectivity index (χ4v) is 2.60. The summed E-state index contributed by atoms with van der Waals surface area (Å²) in [5, 5.41) is 12.5. The maximum Gasteiger partial charge on any atom is 0.230 e. The minimum atomic E-state index is -0.299. The maximum atomic E-state index is 12.8. The number of amides is 1. The number of halogens is 1. The quantitative estimate of drug-likeness (QED) is 0.831. The predicted molar refractivity (Wildman–Crippen MR) is 81.8 cm³/mol. The highest BCUT2D eigenvalue weighted by Crippen LogP contribution is 2.27. The molecule has 1 atom stereocenters. The van der Waals surface area contributed by atoms with Gasteiger partial charge in [0.1, 0.15) is 11.6 Å². The molecule has 0 spiro atoms. The van der Waals surface area contributed by atoms with Crippen LogP contribution in [0.25, 0.3) is 0 Å².